The topological polar surface area (TPSA) is 80.9 Å². The number of nitrogens with zero attached hydrogens (tertiary/aromatic N) is 1. The van der Waals surface area contributed by atoms with Crippen LogP contribution >= 0.6 is 0 Å². The number of ether oxygens (including phenoxy) is 1. The van der Waals surface area contributed by atoms with Crippen molar-refractivity contribution >= 4 is 23.1 Å². The van der Waals surface area contributed by atoms with Gasteiger partial charge in [-0.05, 0) is 48.9 Å². The van der Waals surface area contributed by atoms with E-state index in [0.717, 1.165) is 16.9 Å². The lowest BCUT2D eigenvalue weighted by Gasteiger charge is -2.02. The van der Waals surface area contributed by atoms with Gasteiger partial charge >= 0.3 is 5.91 Å². The number of carbonyl (C=O) groups excluding carboxylic acids is 1. The van der Waals surface area contributed by atoms with Gasteiger partial charge in [0, 0.05) is 6.07 Å². The first kappa shape index (κ1) is 16.4. The molecule has 0 atom stereocenters. The molecular formula is C19H16N2O4. The Balaban J connectivity index is 1.76. The summed E-state index contributed by atoms with van der Waals surface area (Å²) < 4.78 is 10.6. The van der Waals surface area contributed by atoms with E-state index in [1.807, 2.05) is 13.0 Å². The molecule has 0 aliphatic rings. The molecule has 0 aliphatic carbocycles. The molecule has 0 saturated heterocycles. The molecule has 0 saturated carbocycles. The first-order valence-electron chi connectivity index (χ1n) is 7.59. The molecule has 2 aromatic carbocycles. The molecule has 3 rings (SSSR count). The highest BCUT2D eigenvalue weighted by molar-refractivity contribution is 5.93. The van der Waals surface area contributed by atoms with Gasteiger partial charge in [0.1, 0.15) is 11.3 Å². The summed E-state index contributed by atoms with van der Waals surface area (Å²) in [6.07, 6.45) is 1.49. The van der Waals surface area contributed by atoms with Crippen LogP contribution in [-0.4, -0.2) is 19.2 Å². The van der Waals surface area contributed by atoms with Crippen molar-refractivity contribution in [1.29, 1.82) is 0 Å². The molecule has 6 heteroatoms. The van der Waals surface area contributed by atoms with Crippen molar-refractivity contribution < 1.29 is 13.9 Å². The summed E-state index contributed by atoms with van der Waals surface area (Å²) in [7, 11) is 1.59. The fourth-order valence-electron chi connectivity index (χ4n) is 2.29. The Labute approximate surface area is 143 Å². The number of aryl methyl sites for hydroxylation is 1. The van der Waals surface area contributed by atoms with Gasteiger partial charge < -0.3 is 9.15 Å². The first-order valence-corrected chi connectivity index (χ1v) is 7.59. The summed E-state index contributed by atoms with van der Waals surface area (Å²) in [5.41, 5.74) is 4.17. The molecule has 0 aliphatic heterocycles. The van der Waals surface area contributed by atoms with Crippen molar-refractivity contribution in [2.75, 3.05) is 7.11 Å². The molecule has 126 valence electrons. The maximum Gasteiger partial charge on any atom is 0.307 e. The third-order valence-corrected chi connectivity index (χ3v) is 3.60. The quantitative estimate of drug-likeness (QED) is 0.587. The van der Waals surface area contributed by atoms with Crippen molar-refractivity contribution in [1.82, 2.24) is 5.43 Å². The molecule has 1 amide bonds. The van der Waals surface area contributed by atoms with Crippen LogP contribution in [0.25, 0.3) is 11.0 Å². The predicted octanol–water partition coefficient (Wildman–Crippen LogP) is 2.87. The maximum atomic E-state index is 12.1. The van der Waals surface area contributed by atoms with E-state index >= 15 is 0 Å². The smallest absolute Gasteiger partial charge is 0.307 e. The van der Waals surface area contributed by atoms with Crippen molar-refractivity contribution in [2.45, 2.75) is 6.92 Å². The van der Waals surface area contributed by atoms with Gasteiger partial charge in [-0.3, -0.25) is 9.59 Å². The second-order valence-electron chi connectivity index (χ2n) is 5.45. The van der Waals surface area contributed by atoms with Gasteiger partial charge in [-0.2, -0.15) is 5.10 Å². The highest BCUT2D eigenvalue weighted by Crippen LogP contribution is 2.14. The summed E-state index contributed by atoms with van der Waals surface area (Å²) in [4.78, 5) is 24.2. The van der Waals surface area contributed by atoms with E-state index < -0.39 is 5.91 Å². The largest absolute Gasteiger partial charge is 0.497 e. The van der Waals surface area contributed by atoms with Gasteiger partial charge in [-0.15, -0.1) is 0 Å². The lowest BCUT2D eigenvalue weighted by atomic mass is 10.1. The number of fused-ring (bicyclic) bond motifs is 1. The average Bonchev–Trinajstić information content (AvgIpc) is 2.62. The van der Waals surface area contributed by atoms with E-state index in [1.54, 1.807) is 43.5 Å². The van der Waals surface area contributed by atoms with E-state index in [9.17, 15) is 9.59 Å². The number of nitrogens with one attached hydrogen (secondary N) is 1. The van der Waals surface area contributed by atoms with Crippen LogP contribution in [0, 0.1) is 6.92 Å². The molecule has 6 nitrogen and oxygen atoms in total. The highest BCUT2D eigenvalue weighted by Gasteiger charge is 2.11. The lowest BCUT2D eigenvalue weighted by molar-refractivity contribution is 0.0928. The summed E-state index contributed by atoms with van der Waals surface area (Å²) in [6.45, 7) is 1.88. The standard InChI is InChI=1S/C19H16N2O4/c1-12-3-8-17-15(9-12)16(22)10-18(25-17)19(23)21-20-11-13-4-6-14(24-2)7-5-13/h3-11H,1-2H3,(H,21,23)/b20-11-. The third-order valence-electron chi connectivity index (χ3n) is 3.60. The van der Waals surface area contributed by atoms with E-state index in [0.29, 0.717) is 11.0 Å². The number of carbonyl (C=O) groups is 1. The Morgan fingerprint density at radius 3 is 2.64 bits per heavy atom. The average molecular weight is 336 g/mol. The molecule has 0 fully saturated rings. The third kappa shape index (κ3) is 3.74. The molecule has 1 N–H and O–H groups in total. The monoisotopic (exact) mass is 336 g/mol. The Bertz CT molecular complexity index is 1000. The molecule has 0 bridgehead atoms. The second kappa shape index (κ2) is 7.00. The molecule has 0 spiro atoms. The van der Waals surface area contributed by atoms with Gasteiger partial charge in [0.25, 0.3) is 0 Å². The lowest BCUT2D eigenvalue weighted by Crippen LogP contribution is -2.19. The van der Waals surface area contributed by atoms with Crippen LogP contribution in [0.3, 0.4) is 0 Å². The normalized spacial score (nSPS) is 11.0. The highest BCUT2D eigenvalue weighted by atomic mass is 16.5. The molecule has 3 aromatic rings. The van der Waals surface area contributed by atoms with Gasteiger partial charge in [0.05, 0.1) is 18.7 Å². The number of hydrogen-bond acceptors (Lipinski definition) is 5. The van der Waals surface area contributed by atoms with Crippen LogP contribution in [0.15, 0.2) is 62.8 Å². The summed E-state index contributed by atoms with van der Waals surface area (Å²) in [6, 6.07) is 13.5. The molecule has 25 heavy (non-hydrogen) atoms. The van der Waals surface area contributed by atoms with E-state index in [4.69, 9.17) is 9.15 Å². The Kier molecular flexibility index (Phi) is 4.61. The zero-order valence-electron chi connectivity index (χ0n) is 13.8. The summed E-state index contributed by atoms with van der Waals surface area (Å²) in [5, 5.41) is 4.31. The Hall–Kier alpha value is -3.41. The fourth-order valence-corrected chi connectivity index (χ4v) is 2.29. The van der Waals surface area contributed by atoms with Crippen molar-refractivity contribution in [3.63, 3.8) is 0 Å². The molecule has 0 unspecified atom stereocenters. The van der Waals surface area contributed by atoms with Crippen molar-refractivity contribution in [3.8, 4) is 5.75 Å². The Morgan fingerprint density at radius 2 is 1.92 bits per heavy atom. The minimum atomic E-state index is -0.593. The first-order chi connectivity index (χ1) is 12.1. The molecule has 1 heterocycles. The van der Waals surface area contributed by atoms with Gasteiger partial charge in [0.15, 0.2) is 11.2 Å². The van der Waals surface area contributed by atoms with Crippen LogP contribution in [0.2, 0.25) is 0 Å². The number of methoxy groups -OCH3 is 1. The van der Waals surface area contributed by atoms with Crippen LogP contribution in [0.1, 0.15) is 21.7 Å². The van der Waals surface area contributed by atoms with E-state index in [-0.39, 0.29) is 11.2 Å². The minimum Gasteiger partial charge on any atom is -0.497 e. The van der Waals surface area contributed by atoms with Crippen molar-refractivity contribution in [2.24, 2.45) is 5.10 Å². The Morgan fingerprint density at radius 1 is 1.16 bits per heavy atom. The fraction of sp³-hybridized carbons (Fsp3) is 0.105. The number of amides is 1. The zero-order valence-corrected chi connectivity index (χ0v) is 13.8. The predicted molar refractivity (Wildman–Crippen MR) is 95.3 cm³/mol. The maximum absolute atomic E-state index is 12.1. The van der Waals surface area contributed by atoms with Crippen molar-refractivity contribution in [3.05, 3.63) is 75.6 Å². The summed E-state index contributed by atoms with van der Waals surface area (Å²) >= 11 is 0. The molecule has 0 radical (unpaired) electrons. The molecular weight excluding hydrogens is 320 g/mol. The van der Waals surface area contributed by atoms with Crippen LogP contribution in [-0.2, 0) is 0 Å². The van der Waals surface area contributed by atoms with Crippen LogP contribution < -0.4 is 15.6 Å². The van der Waals surface area contributed by atoms with Crippen LogP contribution in [0.5, 0.6) is 5.75 Å². The van der Waals surface area contributed by atoms with Gasteiger partial charge in [-0.25, -0.2) is 5.43 Å². The number of hydrazone groups is 1. The zero-order chi connectivity index (χ0) is 17.8. The number of benzene rings is 2. The van der Waals surface area contributed by atoms with E-state index in [1.165, 1.54) is 12.3 Å². The molecule has 1 aromatic heterocycles. The van der Waals surface area contributed by atoms with Gasteiger partial charge in [-0.1, -0.05) is 11.6 Å². The number of rotatable bonds is 4. The SMILES string of the molecule is COc1ccc(/C=N\NC(=O)c2cc(=O)c3cc(C)ccc3o2)cc1. The summed E-state index contributed by atoms with van der Waals surface area (Å²) in [5.74, 6) is 0.0481. The number of hydrogen-bond donors (Lipinski definition) is 1. The second-order valence-corrected chi connectivity index (χ2v) is 5.45. The minimum absolute atomic E-state index is 0.0896. The van der Waals surface area contributed by atoms with Gasteiger partial charge in [0.2, 0.25) is 0 Å². The van der Waals surface area contributed by atoms with E-state index in [2.05, 4.69) is 10.5 Å². The van der Waals surface area contributed by atoms with Crippen LogP contribution in [0.4, 0.5) is 0 Å².